The molecule has 1 fully saturated rings. The van der Waals surface area contributed by atoms with Crippen molar-refractivity contribution in [2.75, 3.05) is 18.0 Å². The lowest BCUT2D eigenvalue weighted by molar-refractivity contribution is 0.0815. The molecule has 0 saturated carbocycles. The fourth-order valence-corrected chi connectivity index (χ4v) is 3.51. The van der Waals surface area contributed by atoms with Crippen LogP contribution in [0.4, 0.5) is 10.2 Å². The van der Waals surface area contributed by atoms with Crippen molar-refractivity contribution in [3.05, 3.63) is 47.4 Å². The monoisotopic (exact) mass is 356 g/mol. The molecule has 6 nitrogen and oxygen atoms in total. The number of hydrogen-bond acceptors (Lipinski definition) is 5. The highest BCUT2D eigenvalue weighted by Crippen LogP contribution is 2.29. The van der Waals surface area contributed by atoms with Crippen LogP contribution in [-0.4, -0.2) is 41.2 Å². The first kappa shape index (κ1) is 16.8. The highest BCUT2D eigenvalue weighted by Gasteiger charge is 2.33. The number of amides is 1. The number of anilines is 1. The molecule has 1 saturated heterocycles. The number of halogens is 1. The molecule has 0 spiro atoms. The maximum absolute atomic E-state index is 14.8. The Morgan fingerprint density at radius 2 is 2.35 bits per heavy atom. The number of nitrogens with zero attached hydrogens (tertiary/aromatic N) is 3. The molecule has 0 aromatic carbocycles. The molecule has 0 radical (unpaired) electrons. The number of fused-ring (bicyclic) bond motifs is 1. The van der Waals surface area contributed by atoms with Crippen LogP contribution in [0.3, 0.4) is 0 Å². The third kappa shape index (κ3) is 3.09. The number of alkyl halides is 1. The number of nitrogens with one attached hydrogen (secondary N) is 1. The van der Waals surface area contributed by atoms with Crippen LogP contribution in [0.2, 0.25) is 0 Å². The van der Waals surface area contributed by atoms with E-state index >= 15 is 0 Å². The van der Waals surface area contributed by atoms with Gasteiger partial charge in [0, 0.05) is 19.2 Å². The Morgan fingerprint density at radius 3 is 3.08 bits per heavy atom. The van der Waals surface area contributed by atoms with Gasteiger partial charge in [-0.3, -0.25) is 9.78 Å². The molecule has 2 atom stereocenters. The summed E-state index contributed by atoms with van der Waals surface area (Å²) in [7, 11) is 0. The number of carbonyl (C=O) groups is 1. The summed E-state index contributed by atoms with van der Waals surface area (Å²) in [5.41, 5.74) is 2.35. The van der Waals surface area contributed by atoms with E-state index in [4.69, 9.17) is 4.74 Å². The van der Waals surface area contributed by atoms with Crippen LogP contribution >= 0.6 is 0 Å². The Bertz CT molecular complexity index is 815. The topological polar surface area (TPSA) is 67.3 Å². The fourth-order valence-electron chi connectivity index (χ4n) is 3.51. The Balaban J connectivity index is 1.51. The van der Waals surface area contributed by atoms with Gasteiger partial charge in [0.05, 0.1) is 30.5 Å². The van der Waals surface area contributed by atoms with Crippen molar-refractivity contribution < 1.29 is 13.9 Å². The zero-order chi connectivity index (χ0) is 18.1. The van der Waals surface area contributed by atoms with E-state index in [1.807, 2.05) is 17.9 Å². The quantitative estimate of drug-likeness (QED) is 0.910. The smallest absolute Gasteiger partial charge is 0.253 e. The van der Waals surface area contributed by atoms with Crippen molar-refractivity contribution >= 4 is 11.7 Å². The summed E-state index contributed by atoms with van der Waals surface area (Å²) >= 11 is 0. The van der Waals surface area contributed by atoms with E-state index in [2.05, 4.69) is 15.3 Å². The lowest BCUT2D eigenvalue weighted by Gasteiger charge is -2.36. The maximum Gasteiger partial charge on any atom is 0.253 e. The van der Waals surface area contributed by atoms with Crippen LogP contribution in [-0.2, 0) is 13.0 Å². The maximum atomic E-state index is 14.8. The van der Waals surface area contributed by atoms with E-state index in [9.17, 15) is 9.18 Å². The molecule has 2 aliphatic rings. The normalized spacial score (nSPS) is 22.1. The first-order chi connectivity index (χ1) is 12.7. The lowest BCUT2D eigenvalue weighted by Crippen LogP contribution is -2.47. The van der Waals surface area contributed by atoms with Gasteiger partial charge >= 0.3 is 0 Å². The second-order valence-corrected chi connectivity index (χ2v) is 6.60. The van der Waals surface area contributed by atoms with Crippen LogP contribution in [0, 0.1) is 0 Å². The van der Waals surface area contributed by atoms with Crippen LogP contribution in [0.1, 0.15) is 35.0 Å². The molecule has 1 N–H and O–H groups in total. The van der Waals surface area contributed by atoms with Gasteiger partial charge in [-0.25, -0.2) is 9.37 Å². The Morgan fingerprint density at radius 1 is 1.46 bits per heavy atom. The van der Waals surface area contributed by atoms with Crippen molar-refractivity contribution in [1.82, 2.24) is 15.3 Å². The molecule has 136 valence electrons. The van der Waals surface area contributed by atoms with Gasteiger partial charge in [0.2, 0.25) is 0 Å². The molecule has 4 rings (SSSR count). The van der Waals surface area contributed by atoms with E-state index in [0.717, 1.165) is 23.5 Å². The lowest BCUT2D eigenvalue weighted by atomic mass is 10.0. The van der Waals surface area contributed by atoms with E-state index < -0.39 is 12.3 Å². The molecular weight excluding hydrogens is 335 g/mol. The highest BCUT2D eigenvalue weighted by atomic mass is 19.1. The Labute approximate surface area is 151 Å². The van der Waals surface area contributed by atoms with Crippen LogP contribution < -0.4 is 15.0 Å². The number of aryl methyl sites for hydroxylation is 1. The Kier molecular flexibility index (Phi) is 4.44. The number of hydrogen-bond donors (Lipinski definition) is 1. The zero-order valence-corrected chi connectivity index (χ0v) is 14.6. The van der Waals surface area contributed by atoms with Crippen molar-refractivity contribution in [3.8, 4) is 5.75 Å². The molecule has 26 heavy (non-hydrogen) atoms. The van der Waals surface area contributed by atoms with E-state index in [-0.39, 0.29) is 12.5 Å². The minimum Gasteiger partial charge on any atom is -0.486 e. The van der Waals surface area contributed by atoms with Gasteiger partial charge < -0.3 is 15.0 Å². The van der Waals surface area contributed by atoms with Gasteiger partial charge in [-0.2, -0.15) is 0 Å². The van der Waals surface area contributed by atoms with Crippen molar-refractivity contribution in [2.24, 2.45) is 0 Å². The summed E-state index contributed by atoms with van der Waals surface area (Å²) in [4.78, 5) is 22.5. The molecule has 7 heteroatoms. The summed E-state index contributed by atoms with van der Waals surface area (Å²) in [5.74, 6) is 1.29. The molecule has 0 bridgehead atoms. The SMILES string of the molecule is CCc1cc2c(nc1N1CC[C@@H](Oc3cccnc3)[C@@H](F)C1)CNC2=O. The summed E-state index contributed by atoms with van der Waals surface area (Å²) in [6.07, 6.45) is 2.96. The highest BCUT2D eigenvalue weighted by molar-refractivity contribution is 5.98. The minimum atomic E-state index is -1.12. The number of carbonyl (C=O) groups excluding carboxylic acids is 1. The number of piperidine rings is 1. The van der Waals surface area contributed by atoms with E-state index in [1.54, 1.807) is 24.5 Å². The first-order valence-electron chi connectivity index (χ1n) is 8.92. The standard InChI is InChI=1S/C19H21FN4O2/c1-2-12-8-14-16(10-22-19(14)25)23-18(12)24-7-5-17(15(20)11-24)26-13-4-3-6-21-9-13/h3-4,6,8-9,15,17H,2,5,7,10-11H2,1H3,(H,22,25)/t15-,17+/m0/s1. The predicted octanol–water partition coefficient (Wildman–Crippen LogP) is 2.28. The predicted molar refractivity (Wildman–Crippen MR) is 95.2 cm³/mol. The summed E-state index contributed by atoms with van der Waals surface area (Å²) in [5, 5.41) is 2.79. The summed E-state index contributed by atoms with van der Waals surface area (Å²) in [6, 6.07) is 5.45. The number of aromatic nitrogens is 2. The number of pyridine rings is 2. The van der Waals surface area contributed by atoms with Crippen LogP contribution in [0.5, 0.6) is 5.75 Å². The van der Waals surface area contributed by atoms with E-state index in [0.29, 0.717) is 30.8 Å². The minimum absolute atomic E-state index is 0.0827. The van der Waals surface area contributed by atoms with Gasteiger partial charge in [-0.1, -0.05) is 6.92 Å². The first-order valence-corrected chi connectivity index (χ1v) is 8.92. The molecular formula is C19H21FN4O2. The Hall–Kier alpha value is -2.70. The van der Waals surface area contributed by atoms with E-state index in [1.165, 1.54) is 0 Å². The average Bonchev–Trinajstić information content (AvgIpc) is 3.03. The molecule has 0 unspecified atom stereocenters. The molecule has 0 aliphatic carbocycles. The average molecular weight is 356 g/mol. The molecule has 2 aliphatic heterocycles. The number of rotatable bonds is 4. The molecule has 2 aromatic rings. The molecule has 1 amide bonds. The van der Waals surface area contributed by atoms with Gasteiger partial charge in [0.15, 0.2) is 6.17 Å². The van der Waals surface area contributed by atoms with Crippen molar-refractivity contribution in [3.63, 3.8) is 0 Å². The largest absolute Gasteiger partial charge is 0.486 e. The second-order valence-electron chi connectivity index (χ2n) is 6.60. The van der Waals surface area contributed by atoms with Crippen molar-refractivity contribution in [2.45, 2.75) is 38.6 Å². The summed E-state index contributed by atoms with van der Waals surface area (Å²) in [6.45, 7) is 3.34. The van der Waals surface area contributed by atoms with Crippen LogP contribution in [0.25, 0.3) is 0 Å². The fraction of sp³-hybridized carbons (Fsp3) is 0.421. The third-order valence-corrected chi connectivity index (χ3v) is 4.90. The van der Waals surface area contributed by atoms with Gasteiger partial charge in [-0.05, 0) is 30.2 Å². The van der Waals surface area contributed by atoms with Crippen molar-refractivity contribution in [1.29, 1.82) is 0 Å². The van der Waals surface area contributed by atoms with Gasteiger partial charge in [0.1, 0.15) is 17.7 Å². The zero-order valence-electron chi connectivity index (χ0n) is 14.6. The third-order valence-electron chi connectivity index (χ3n) is 4.90. The van der Waals surface area contributed by atoms with Gasteiger partial charge in [-0.15, -0.1) is 0 Å². The second kappa shape index (κ2) is 6.90. The van der Waals surface area contributed by atoms with Gasteiger partial charge in [0.25, 0.3) is 5.91 Å². The molecule has 2 aromatic heterocycles. The molecule has 4 heterocycles. The summed E-state index contributed by atoms with van der Waals surface area (Å²) < 4.78 is 20.5. The van der Waals surface area contributed by atoms with Crippen LogP contribution in [0.15, 0.2) is 30.6 Å². The number of ether oxygens (including phenoxy) is 1.